The second kappa shape index (κ2) is 5.22. The van der Waals surface area contributed by atoms with Crippen LogP contribution in [-0.4, -0.2) is 20.2 Å². The van der Waals surface area contributed by atoms with Crippen molar-refractivity contribution >= 4 is 11.0 Å². The number of rotatable bonds is 2. The van der Waals surface area contributed by atoms with Gasteiger partial charge in [-0.2, -0.15) is 18.3 Å². The molecule has 0 radical (unpaired) electrons. The predicted octanol–water partition coefficient (Wildman–Crippen LogP) is 3.13. The molecule has 3 rings (SSSR count). The maximum Gasteiger partial charge on any atom is 0.416 e. The Morgan fingerprint density at radius 2 is 1.83 bits per heavy atom. The third-order valence-electron chi connectivity index (χ3n) is 3.72. The first-order valence-corrected chi connectivity index (χ1v) is 6.89. The van der Waals surface area contributed by atoms with Crippen LogP contribution in [0.4, 0.5) is 13.2 Å². The number of alkyl halides is 3. The van der Waals surface area contributed by atoms with Gasteiger partial charge in [-0.05, 0) is 24.6 Å². The predicted molar refractivity (Wildman–Crippen MR) is 78.2 cm³/mol. The number of halogens is 3. The van der Waals surface area contributed by atoms with E-state index in [1.54, 1.807) is 13.8 Å². The molecule has 2 heterocycles. The molecule has 23 heavy (non-hydrogen) atoms. The van der Waals surface area contributed by atoms with Gasteiger partial charge in [-0.3, -0.25) is 9.89 Å². The molecule has 0 unspecified atom stereocenters. The summed E-state index contributed by atoms with van der Waals surface area (Å²) < 4.78 is 37.9. The van der Waals surface area contributed by atoms with Gasteiger partial charge in [0, 0.05) is 5.92 Å². The van der Waals surface area contributed by atoms with Crippen molar-refractivity contribution in [1.82, 2.24) is 20.2 Å². The average molecular weight is 322 g/mol. The molecular weight excluding hydrogens is 309 g/mol. The van der Waals surface area contributed by atoms with E-state index in [-0.39, 0.29) is 17.0 Å². The molecule has 2 N–H and O–H groups in total. The number of H-pyrrole nitrogens is 2. The lowest BCUT2D eigenvalue weighted by Crippen LogP contribution is -2.10. The fraction of sp³-hybridized carbons (Fsp3) is 0.267. The zero-order chi connectivity index (χ0) is 16.8. The summed E-state index contributed by atoms with van der Waals surface area (Å²) in [6.07, 6.45) is -4.37. The molecule has 1 atom stereocenters. The zero-order valence-corrected chi connectivity index (χ0v) is 12.3. The van der Waals surface area contributed by atoms with Gasteiger partial charge < -0.3 is 4.98 Å². The molecule has 0 aliphatic rings. The number of benzene rings is 1. The standard InChI is InChI=1S/C15H13F3N4O/c1-7(9-3-5-10(6-4-9)15(16,17)18)11-12-13(22-21-11)14(23)20-8(2)19-12/h3-7H,1-2H3,(H,21,22)(H,19,20,23)/t7-/m1/s1. The number of aromatic nitrogens is 4. The summed E-state index contributed by atoms with van der Waals surface area (Å²) in [6, 6.07) is 4.89. The monoisotopic (exact) mass is 322 g/mol. The SMILES string of the molecule is Cc1nc2c([C@H](C)c3ccc(C(F)(F)F)cc3)n[nH]c2c(=O)[nH]1. The molecule has 0 spiro atoms. The lowest BCUT2D eigenvalue weighted by Gasteiger charge is -2.12. The molecule has 0 fully saturated rings. The van der Waals surface area contributed by atoms with Gasteiger partial charge >= 0.3 is 6.18 Å². The Hall–Kier alpha value is -2.64. The minimum Gasteiger partial charge on any atom is -0.309 e. The van der Waals surface area contributed by atoms with Gasteiger partial charge in [-0.1, -0.05) is 19.1 Å². The average Bonchev–Trinajstić information content (AvgIpc) is 2.89. The van der Waals surface area contributed by atoms with Crippen molar-refractivity contribution in [1.29, 1.82) is 0 Å². The van der Waals surface area contributed by atoms with Crippen LogP contribution in [-0.2, 0) is 6.18 Å². The Balaban J connectivity index is 2.04. The van der Waals surface area contributed by atoms with Crippen LogP contribution >= 0.6 is 0 Å². The molecule has 0 saturated carbocycles. The maximum absolute atomic E-state index is 12.6. The highest BCUT2D eigenvalue weighted by Crippen LogP contribution is 2.32. The van der Waals surface area contributed by atoms with Crippen LogP contribution < -0.4 is 5.56 Å². The van der Waals surface area contributed by atoms with E-state index < -0.39 is 11.7 Å². The van der Waals surface area contributed by atoms with E-state index in [9.17, 15) is 18.0 Å². The van der Waals surface area contributed by atoms with Crippen molar-refractivity contribution < 1.29 is 13.2 Å². The van der Waals surface area contributed by atoms with Gasteiger partial charge in [0.2, 0.25) is 0 Å². The van der Waals surface area contributed by atoms with Crippen molar-refractivity contribution in [3.8, 4) is 0 Å². The number of nitrogens with one attached hydrogen (secondary N) is 2. The van der Waals surface area contributed by atoms with Crippen LogP contribution in [0.15, 0.2) is 29.1 Å². The largest absolute Gasteiger partial charge is 0.416 e. The fourth-order valence-corrected chi connectivity index (χ4v) is 2.46. The van der Waals surface area contributed by atoms with Crippen molar-refractivity contribution in [3.05, 3.63) is 57.3 Å². The third kappa shape index (κ3) is 2.71. The minimum absolute atomic E-state index is 0.254. The summed E-state index contributed by atoms with van der Waals surface area (Å²) in [5.74, 6) is 0.143. The summed E-state index contributed by atoms with van der Waals surface area (Å²) in [5, 5.41) is 6.75. The Morgan fingerprint density at radius 3 is 2.43 bits per heavy atom. The molecule has 8 heteroatoms. The van der Waals surface area contributed by atoms with Gasteiger partial charge in [0.1, 0.15) is 16.9 Å². The van der Waals surface area contributed by atoms with Crippen molar-refractivity contribution in [2.75, 3.05) is 0 Å². The van der Waals surface area contributed by atoms with Gasteiger partial charge in [-0.25, -0.2) is 4.98 Å². The highest BCUT2D eigenvalue weighted by molar-refractivity contribution is 5.76. The third-order valence-corrected chi connectivity index (χ3v) is 3.72. The summed E-state index contributed by atoms with van der Waals surface area (Å²) >= 11 is 0. The van der Waals surface area contributed by atoms with E-state index in [2.05, 4.69) is 20.2 Å². The van der Waals surface area contributed by atoms with Crippen LogP contribution in [0.5, 0.6) is 0 Å². The first kappa shape index (κ1) is 15.3. The van der Waals surface area contributed by atoms with E-state index in [0.29, 0.717) is 22.6 Å². The molecule has 0 amide bonds. The van der Waals surface area contributed by atoms with E-state index in [1.165, 1.54) is 12.1 Å². The topological polar surface area (TPSA) is 74.4 Å². The van der Waals surface area contributed by atoms with E-state index >= 15 is 0 Å². The molecule has 0 aliphatic carbocycles. The Labute approximate surface area is 128 Å². The first-order chi connectivity index (χ1) is 10.8. The van der Waals surface area contributed by atoms with Crippen LogP contribution in [0, 0.1) is 6.92 Å². The Morgan fingerprint density at radius 1 is 1.17 bits per heavy atom. The second-order valence-corrected chi connectivity index (χ2v) is 5.33. The molecule has 2 aromatic heterocycles. The second-order valence-electron chi connectivity index (χ2n) is 5.33. The van der Waals surface area contributed by atoms with Gasteiger partial charge in [-0.15, -0.1) is 0 Å². The van der Waals surface area contributed by atoms with Crippen LogP contribution in [0.25, 0.3) is 11.0 Å². The lowest BCUT2D eigenvalue weighted by molar-refractivity contribution is -0.137. The van der Waals surface area contributed by atoms with Gasteiger partial charge in [0.15, 0.2) is 0 Å². The Kier molecular flexibility index (Phi) is 3.46. The molecule has 0 aliphatic heterocycles. The Bertz CT molecular complexity index is 909. The van der Waals surface area contributed by atoms with Crippen LogP contribution in [0.2, 0.25) is 0 Å². The van der Waals surface area contributed by atoms with E-state index in [4.69, 9.17) is 0 Å². The smallest absolute Gasteiger partial charge is 0.309 e. The van der Waals surface area contributed by atoms with Crippen molar-refractivity contribution in [2.45, 2.75) is 25.9 Å². The van der Waals surface area contributed by atoms with Crippen LogP contribution in [0.1, 0.15) is 35.5 Å². The minimum atomic E-state index is -4.37. The maximum atomic E-state index is 12.6. The number of hydrogen-bond donors (Lipinski definition) is 2. The molecule has 5 nitrogen and oxygen atoms in total. The normalized spacial score (nSPS) is 13.4. The first-order valence-electron chi connectivity index (χ1n) is 6.89. The number of hydrogen-bond acceptors (Lipinski definition) is 3. The molecule has 0 bridgehead atoms. The highest BCUT2D eigenvalue weighted by atomic mass is 19.4. The highest BCUT2D eigenvalue weighted by Gasteiger charge is 2.30. The number of fused-ring (bicyclic) bond motifs is 1. The van der Waals surface area contributed by atoms with E-state index in [1.807, 2.05) is 0 Å². The van der Waals surface area contributed by atoms with Crippen molar-refractivity contribution in [2.24, 2.45) is 0 Å². The molecular formula is C15H13F3N4O. The summed E-state index contributed by atoms with van der Waals surface area (Å²) in [5.41, 5.74) is 0.833. The van der Waals surface area contributed by atoms with Crippen molar-refractivity contribution in [3.63, 3.8) is 0 Å². The van der Waals surface area contributed by atoms with Gasteiger partial charge in [0.25, 0.3) is 5.56 Å². The van der Waals surface area contributed by atoms with Gasteiger partial charge in [0.05, 0.1) is 11.3 Å². The molecule has 0 saturated heterocycles. The molecule has 120 valence electrons. The summed E-state index contributed by atoms with van der Waals surface area (Å²) in [4.78, 5) is 18.7. The zero-order valence-electron chi connectivity index (χ0n) is 12.3. The molecule has 3 aromatic rings. The fourth-order valence-electron chi connectivity index (χ4n) is 2.46. The number of nitrogens with zero attached hydrogens (tertiary/aromatic N) is 2. The quantitative estimate of drug-likeness (QED) is 0.761. The lowest BCUT2D eigenvalue weighted by atomic mass is 9.96. The number of aryl methyl sites for hydroxylation is 1. The molecule has 1 aromatic carbocycles. The number of aromatic amines is 2. The summed E-state index contributed by atoms with van der Waals surface area (Å²) in [6.45, 7) is 3.46. The van der Waals surface area contributed by atoms with E-state index in [0.717, 1.165) is 12.1 Å². The summed E-state index contributed by atoms with van der Waals surface area (Å²) in [7, 11) is 0. The van der Waals surface area contributed by atoms with Crippen LogP contribution in [0.3, 0.4) is 0 Å².